The number of nitrogens with zero attached hydrogens (tertiary/aromatic N) is 1. The minimum absolute atomic E-state index is 0.00304. The first-order chi connectivity index (χ1) is 16.2. The smallest absolute Gasteiger partial charge is 0.416 e. The number of methoxy groups -OCH3 is 1. The molecule has 34 heavy (non-hydrogen) atoms. The Kier molecular flexibility index (Phi) is 10.0. The van der Waals surface area contributed by atoms with Crippen LogP contribution in [0.1, 0.15) is 30.9 Å². The van der Waals surface area contributed by atoms with E-state index in [0.29, 0.717) is 0 Å². The van der Waals surface area contributed by atoms with Crippen molar-refractivity contribution in [2.45, 2.75) is 38.5 Å². The summed E-state index contributed by atoms with van der Waals surface area (Å²) in [7, 11) is 1.24. The second kappa shape index (κ2) is 12.9. The summed E-state index contributed by atoms with van der Waals surface area (Å²) in [4.78, 5) is 37.6. The third-order valence-electron chi connectivity index (χ3n) is 4.86. The van der Waals surface area contributed by atoms with E-state index in [4.69, 9.17) is 20.6 Å². The average Bonchev–Trinajstić information content (AvgIpc) is 2.84. The molecule has 0 aliphatic rings. The zero-order valence-electron chi connectivity index (χ0n) is 19.3. The lowest BCUT2D eigenvalue weighted by atomic mass is 9.97. The van der Waals surface area contributed by atoms with Gasteiger partial charge in [0.05, 0.1) is 7.11 Å². The molecule has 2 amide bonds. The molecule has 4 N–H and O–H groups in total. The van der Waals surface area contributed by atoms with Crippen molar-refractivity contribution in [2.75, 3.05) is 13.7 Å². The molecule has 182 valence electrons. The van der Waals surface area contributed by atoms with E-state index in [1.54, 1.807) is 24.3 Å². The molecule has 1 atom stereocenters. The fraction of sp³-hybridized carbons (Fsp3) is 0.333. The number of esters is 1. The summed E-state index contributed by atoms with van der Waals surface area (Å²) in [5.41, 5.74) is 6.23. The molecular formula is C24H30N4O6. The highest BCUT2D eigenvalue weighted by molar-refractivity contribution is 5.99. The number of ether oxygens (including phenoxy) is 3. The third-order valence-corrected chi connectivity index (χ3v) is 4.86. The topological polar surface area (TPSA) is 144 Å². The van der Waals surface area contributed by atoms with Gasteiger partial charge in [0.15, 0.2) is 0 Å². The Labute approximate surface area is 198 Å². The van der Waals surface area contributed by atoms with E-state index in [1.165, 1.54) is 14.0 Å². The second-order valence-corrected chi connectivity index (χ2v) is 7.74. The van der Waals surface area contributed by atoms with E-state index < -0.39 is 29.7 Å². The van der Waals surface area contributed by atoms with E-state index in [0.717, 1.165) is 16.0 Å². The van der Waals surface area contributed by atoms with Crippen LogP contribution in [0.4, 0.5) is 9.59 Å². The first-order valence-electron chi connectivity index (χ1n) is 10.6. The van der Waals surface area contributed by atoms with Gasteiger partial charge in [-0.25, -0.2) is 14.5 Å². The number of rotatable bonds is 9. The molecule has 0 bridgehead atoms. The Morgan fingerprint density at radius 3 is 2.03 bits per heavy atom. The number of benzene rings is 2. The number of nitrogens with one attached hydrogen (secondary N) is 2. The minimum Gasteiger partial charge on any atom is -0.468 e. The monoisotopic (exact) mass is 470 g/mol. The Hall–Kier alpha value is -3.92. The van der Waals surface area contributed by atoms with Gasteiger partial charge in [0, 0.05) is 6.54 Å². The number of carbonyl (C=O) groups excluding carboxylic acids is 3. The molecule has 0 aliphatic heterocycles. The molecule has 2 rings (SSSR count). The predicted molar refractivity (Wildman–Crippen MR) is 125 cm³/mol. The molecular weight excluding hydrogens is 440 g/mol. The molecule has 0 saturated carbocycles. The molecule has 0 aliphatic carbocycles. The number of nitrogens with two attached hydrogens (primary N) is 1. The Bertz CT molecular complexity index is 966. The first kappa shape index (κ1) is 26.3. The van der Waals surface area contributed by atoms with Crippen LogP contribution in [0, 0.1) is 5.41 Å². The summed E-state index contributed by atoms with van der Waals surface area (Å²) in [5, 5.41) is 10.5. The maximum Gasteiger partial charge on any atom is 0.416 e. The average molecular weight is 471 g/mol. The standard InChI is InChI=1S/C24H30N4O6/c1-24(26,20(29)32-2)14-9-15-28(23(31)34-17-19-12-7-4-8-13-19)21(25)27-22(30)33-16-18-10-5-3-6-11-18/h3-8,10-13H,9,14-17,26H2,1-2H3,(H2,25,27,30)/t24-/m0/s1. The van der Waals surface area contributed by atoms with Gasteiger partial charge in [-0.3, -0.25) is 15.5 Å². The number of amides is 2. The summed E-state index contributed by atoms with van der Waals surface area (Å²) in [6.45, 7) is 1.47. The molecule has 10 nitrogen and oxygen atoms in total. The highest BCUT2D eigenvalue weighted by Gasteiger charge is 2.30. The molecule has 0 spiro atoms. The van der Waals surface area contributed by atoms with Gasteiger partial charge >= 0.3 is 18.2 Å². The number of hydrogen-bond donors (Lipinski definition) is 3. The SMILES string of the molecule is COC(=O)[C@@](C)(N)CCCN(C(=N)NC(=O)OCc1ccccc1)C(=O)OCc1ccccc1. The third kappa shape index (κ3) is 8.55. The molecule has 0 fully saturated rings. The number of alkyl carbamates (subject to hydrolysis) is 1. The summed E-state index contributed by atoms with van der Waals surface area (Å²) >= 11 is 0. The van der Waals surface area contributed by atoms with Crippen LogP contribution in [0.3, 0.4) is 0 Å². The zero-order valence-corrected chi connectivity index (χ0v) is 19.3. The molecule has 0 saturated heterocycles. The van der Waals surface area contributed by atoms with Gasteiger partial charge in [0.25, 0.3) is 0 Å². The van der Waals surface area contributed by atoms with Gasteiger partial charge < -0.3 is 19.9 Å². The van der Waals surface area contributed by atoms with Crippen molar-refractivity contribution < 1.29 is 28.6 Å². The molecule has 2 aromatic rings. The largest absolute Gasteiger partial charge is 0.468 e. The van der Waals surface area contributed by atoms with Crippen molar-refractivity contribution in [2.24, 2.45) is 5.73 Å². The van der Waals surface area contributed by atoms with Crippen molar-refractivity contribution in [3.8, 4) is 0 Å². The van der Waals surface area contributed by atoms with E-state index in [9.17, 15) is 14.4 Å². The van der Waals surface area contributed by atoms with E-state index in [-0.39, 0.29) is 32.6 Å². The second-order valence-electron chi connectivity index (χ2n) is 7.74. The molecule has 0 unspecified atom stereocenters. The van der Waals surface area contributed by atoms with Gasteiger partial charge in [-0.2, -0.15) is 0 Å². The fourth-order valence-corrected chi connectivity index (χ4v) is 2.95. The van der Waals surface area contributed by atoms with Gasteiger partial charge in [-0.05, 0) is 30.9 Å². The van der Waals surface area contributed by atoms with E-state index in [2.05, 4.69) is 10.1 Å². The van der Waals surface area contributed by atoms with Gasteiger partial charge in [-0.15, -0.1) is 0 Å². The highest BCUT2D eigenvalue weighted by atomic mass is 16.6. The van der Waals surface area contributed by atoms with Gasteiger partial charge in [0.2, 0.25) is 5.96 Å². The Balaban J connectivity index is 1.98. The van der Waals surface area contributed by atoms with Crippen LogP contribution in [0.25, 0.3) is 0 Å². The molecule has 0 aromatic heterocycles. The minimum atomic E-state index is -1.27. The maximum absolute atomic E-state index is 12.7. The lowest BCUT2D eigenvalue weighted by Gasteiger charge is -2.25. The van der Waals surface area contributed by atoms with Crippen LogP contribution in [0.2, 0.25) is 0 Å². The summed E-state index contributed by atoms with van der Waals surface area (Å²) in [5.74, 6) is -1.11. The number of hydrogen-bond acceptors (Lipinski definition) is 8. The summed E-state index contributed by atoms with van der Waals surface area (Å²) in [6.07, 6.45) is -1.32. The normalized spacial score (nSPS) is 12.1. The van der Waals surface area contributed by atoms with Gasteiger partial charge in [-0.1, -0.05) is 60.7 Å². The number of guanidine groups is 1. The highest BCUT2D eigenvalue weighted by Crippen LogP contribution is 2.13. The van der Waals surface area contributed by atoms with Crippen molar-refractivity contribution in [3.63, 3.8) is 0 Å². The lowest BCUT2D eigenvalue weighted by molar-refractivity contribution is -0.146. The molecule has 0 heterocycles. The van der Waals surface area contributed by atoms with Crippen LogP contribution in [0.5, 0.6) is 0 Å². The lowest BCUT2D eigenvalue weighted by Crippen LogP contribution is -2.49. The molecule has 2 aromatic carbocycles. The first-order valence-corrected chi connectivity index (χ1v) is 10.6. The maximum atomic E-state index is 12.7. The van der Waals surface area contributed by atoms with Crippen LogP contribution >= 0.6 is 0 Å². The Morgan fingerprint density at radius 1 is 0.971 bits per heavy atom. The fourth-order valence-electron chi connectivity index (χ4n) is 2.95. The van der Waals surface area contributed by atoms with Crippen LogP contribution in [-0.2, 0) is 32.2 Å². The Morgan fingerprint density at radius 2 is 1.50 bits per heavy atom. The van der Waals surface area contributed by atoms with Crippen molar-refractivity contribution in [1.82, 2.24) is 10.2 Å². The van der Waals surface area contributed by atoms with E-state index >= 15 is 0 Å². The van der Waals surface area contributed by atoms with Gasteiger partial charge in [0.1, 0.15) is 18.8 Å². The predicted octanol–water partition coefficient (Wildman–Crippen LogP) is 3.16. The van der Waals surface area contributed by atoms with Crippen molar-refractivity contribution in [1.29, 1.82) is 5.41 Å². The summed E-state index contributed by atoms with van der Waals surface area (Å²) < 4.78 is 15.1. The van der Waals surface area contributed by atoms with Crippen LogP contribution < -0.4 is 11.1 Å². The van der Waals surface area contributed by atoms with Crippen molar-refractivity contribution >= 4 is 24.1 Å². The van der Waals surface area contributed by atoms with Crippen LogP contribution in [0.15, 0.2) is 60.7 Å². The van der Waals surface area contributed by atoms with Crippen LogP contribution in [-0.4, -0.2) is 48.2 Å². The zero-order chi connectivity index (χ0) is 25.0. The number of carbonyl (C=O) groups is 3. The summed E-state index contributed by atoms with van der Waals surface area (Å²) in [6, 6.07) is 18.1. The molecule has 0 radical (unpaired) electrons. The van der Waals surface area contributed by atoms with Crippen molar-refractivity contribution in [3.05, 3.63) is 71.8 Å². The quantitative estimate of drug-likeness (QED) is 0.221. The van der Waals surface area contributed by atoms with E-state index in [1.807, 2.05) is 36.4 Å². The molecule has 10 heteroatoms.